The normalized spacial score (nSPS) is 10.5. The average molecular weight is 374 g/mol. The Kier molecular flexibility index (Phi) is 5.14. The molecule has 0 spiro atoms. The molecular formula is C19H14ClF2N3O. The first kappa shape index (κ1) is 17.8. The second kappa shape index (κ2) is 7.49. The van der Waals surface area contributed by atoms with Crippen molar-refractivity contribution in [1.29, 1.82) is 0 Å². The summed E-state index contributed by atoms with van der Waals surface area (Å²) in [5.74, 6) is -2.07. The van der Waals surface area contributed by atoms with Crippen LogP contribution >= 0.6 is 11.6 Å². The van der Waals surface area contributed by atoms with Gasteiger partial charge in [-0.05, 0) is 55.0 Å². The molecule has 2 aromatic carbocycles. The maximum Gasteiger partial charge on any atom is 0.255 e. The van der Waals surface area contributed by atoms with Crippen LogP contribution in [-0.2, 0) is 0 Å². The molecule has 4 nitrogen and oxygen atoms in total. The van der Waals surface area contributed by atoms with E-state index in [-0.39, 0.29) is 5.56 Å². The van der Waals surface area contributed by atoms with Gasteiger partial charge in [0.25, 0.3) is 5.91 Å². The molecular weight excluding hydrogens is 360 g/mol. The fourth-order valence-electron chi connectivity index (χ4n) is 2.26. The Hall–Kier alpha value is -2.99. The van der Waals surface area contributed by atoms with Crippen molar-refractivity contribution in [2.24, 2.45) is 0 Å². The molecule has 3 aromatic rings. The van der Waals surface area contributed by atoms with Crippen molar-refractivity contribution < 1.29 is 13.6 Å². The van der Waals surface area contributed by atoms with Crippen molar-refractivity contribution in [3.8, 4) is 0 Å². The predicted octanol–water partition coefficient (Wildman–Crippen LogP) is 5.32. The number of amides is 1. The van der Waals surface area contributed by atoms with Gasteiger partial charge in [-0.25, -0.2) is 13.8 Å². The molecule has 0 saturated heterocycles. The molecule has 7 heteroatoms. The minimum Gasteiger partial charge on any atom is -0.340 e. The largest absolute Gasteiger partial charge is 0.340 e. The van der Waals surface area contributed by atoms with Crippen LogP contribution in [-0.4, -0.2) is 10.9 Å². The SMILES string of the molecule is Cc1c(Cl)cccc1Nc1ccc(NC(=O)c2ccc(F)c(F)c2)cn1. The van der Waals surface area contributed by atoms with Crippen LogP contribution in [0.15, 0.2) is 54.7 Å². The third-order valence-corrected chi connectivity index (χ3v) is 4.14. The molecule has 1 amide bonds. The average Bonchev–Trinajstić information content (AvgIpc) is 2.63. The van der Waals surface area contributed by atoms with Crippen LogP contribution in [0.5, 0.6) is 0 Å². The van der Waals surface area contributed by atoms with Gasteiger partial charge in [-0.3, -0.25) is 4.79 Å². The zero-order chi connectivity index (χ0) is 18.7. The third-order valence-electron chi connectivity index (χ3n) is 3.73. The lowest BCUT2D eigenvalue weighted by molar-refractivity contribution is 0.102. The number of hydrogen-bond donors (Lipinski definition) is 2. The van der Waals surface area contributed by atoms with Crippen LogP contribution in [0, 0.1) is 18.6 Å². The van der Waals surface area contributed by atoms with Crippen LogP contribution in [0.3, 0.4) is 0 Å². The van der Waals surface area contributed by atoms with Crippen molar-refractivity contribution >= 4 is 34.7 Å². The number of anilines is 3. The molecule has 0 aliphatic rings. The standard InChI is InChI=1S/C19H14ClF2N3O/c1-11-14(20)3-2-4-17(11)25-18-8-6-13(10-23-18)24-19(26)12-5-7-15(21)16(22)9-12/h2-10H,1H3,(H,23,25)(H,24,26). The van der Waals surface area contributed by atoms with Gasteiger partial charge in [0.2, 0.25) is 0 Å². The molecule has 1 heterocycles. The lowest BCUT2D eigenvalue weighted by Gasteiger charge is -2.11. The van der Waals surface area contributed by atoms with Gasteiger partial charge >= 0.3 is 0 Å². The number of rotatable bonds is 4. The predicted molar refractivity (Wildman–Crippen MR) is 98.0 cm³/mol. The van der Waals surface area contributed by atoms with Gasteiger partial charge in [0.05, 0.1) is 11.9 Å². The highest BCUT2D eigenvalue weighted by Crippen LogP contribution is 2.25. The summed E-state index contributed by atoms with van der Waals surface area (Å²) in [6.45, 7) is 1.89. The highest BCUT2D eigenvalue weighted by Gasteiger charge is 2.10. The lowest BCUT2D eigenvalue weighted by Crippen LogP contribution is -2.12. The molecule has 0 fully saturated rings. The van der Waals surface area contributed by atoms with Crippen LogP contribution < -0.4 is 10.6 Å². The molecule has 0 aliphatic heterocycles. The second-order valence-electron chi connectivity index (χ2n) is 5.55. The Balaban J connectivity index is 1.70. The lowest BCUT2D eigenvalue weighted by atomic mass is 10.2. The van der Waals surface area contributed by atoms with E-state index in [0.717, 1.165) is 23.4 Å². The maximum absolute atomic E-state index is 13.2. The fraction of sp³-hybridized carbons (Fsp3) is 0.0526. The van der Waals surface area contributed by atoms with Crippen molar-refractivity contribution in [1.82, 2.24) is 4.98 Å². The summed E-state index contributed by atoms with van der Waals surface area (Å²) < 4.78 is 26.1. The molecule has 0 unspecified atom stereocenters. The summed E-state index contributed by atoms with van der Waals surface area (Å²) in [7, 11) is 0. The van der Waals surface area contributed by atoms with E-state index >= 15 is 0 Å². The van der Waals surface area contributed by atoms with Crippen LogP contribution in [0.1, 0.15) is 15.9 Å². The molecule has 0 aliphatic carbocycles. The molecule has 0 radical (unpaired) electrons. The van der Waals surface area contributed by atoms with E-state index in [0.29, 0.717) is 16.5 Å². The minimum atomic E-state index is -1.08. The van der Waals surface area contributed by atoms with Gasteiger partial charge in [0.15, 0.2) is 11.6 Å². The Morgan fingerprint density at radius 2 is 1.88 bits per heavy atom. The van der Waals surface area contributed by atoms with Crippen LogP contribution in [0.2, 0.25) is 5.02 Å². The number of aromatic nitrogens is 1. The first-order valence-corrected chi connectivity index (χ1v) is 8.06. The van der Waals surface area contributed by atoms with Crippen molar-refractivity contribution in [2.45, 2.75) is 6.92 Å². The highest BCUT2D eigenvalue weighted by atomic mass is 35.5. The number of nitrogens with zero attached hydrogens (tertiary/aromatic N) is 1. The van der Waals surface area contributed by atoms with Gasteiger partial charge in [-0.1, -0.05) is 17.7 Å². The van der Waals surface area contributed by atoms with E-state index in [1.165, 1.54) is 12.3 Å². The monoisotopic (exact) mass is 373 g/mol. The zero-order valence-electron chi connectivity index (χ0n) is 13.7. The van der Waals surface area contributed by atoms with Gasteiger partial charge in [0, 0.05) is 16.3 Å². The Bertz CT molecular complexity index is 961. The summed E-state index contributed by atoms with van der Waals surface area (Å²) in [6, 6.07) is 11.8. The van der Waals surface area contributed by atoms with Crippen molar-refractivity contribution in [3.05, 3.63) is 82.5 Å². The van der Waals surface area contributed by atoms with E-state index in [1.807, 2.05) is 19.1 Å². The molecule has 3 rings (SSSR count). The Morgan fingerprint density at radius 3 is 2.58 bits per heavy atom. The zero-order valence-corrected chi connectivity index (χ0v) is 14.4. The molecule has 0 atom stereocenters. The van der Waals surface area contributed by atoms with Crippen molar-refractivity contribution in [3.63, 3.8) is 0 Å². The number of pyridine rings is 1. The summed E-state index contributed by atoms with van der Waals surface area (Å²) in [5, 5.41) is 6.36. The number of carbonyl (C=O) groups excluding carboxylic acids is 1. The van der Waals surface area contributed by atoms with Crippen molar-refractivity contribution in [2.75, 3.05) is 10.6 Å². The maximum atomic E-state index is 13.2. The number of nitrogens with one attached hydrogen (secondary N) is 2. The molecule has 0 bridgehead atoms. The Morgan fingerprint density at radius 1 is 1.08 bits per heavy atom. The molecule has 2 N–H and O–H groups in total. The number of hydrogen-bond acceptors (Lipinski definition) is 3. The van der Waals surface area contributed by atoms with E-state index in [2.05, 4.69) is 15.6 Å². The highest BCUT2D eigenvalue weighted by molar-refractivity contribution is 6.31. The van der Waals surface area contributed by atoms with Crippen LogP contribution in [0.25, 0.3) is 0 Å². The summed E-state index contributed by atoms with van der Waals surface area (Å²) in [4.78, 5) is 16.3. The fourth-order valence-corrected chi connectivity index (χ4v) is 2.44. The van der Waals surface area contributed by atoms with Gasteiger partial charge in [-0.15, -0.1) is 0 Å². The first-order chi connectivity index (χ1) is 12.4. The first-order valence-electron chi connectivity index (χ1n) is 7.68. The topological polar surface area (TPSA) is 54.0 Å². The van der Waals surface area contributed by atoms with Gasteiger partial charge in [-0.2, -0.15) is 0 Å². The van der Waals surface area contributed by atoms with Gasteiger partial charge in [0.1, 0.15) is 5.82 Å². The summed E-state index contributed by atoms with van der Waals surface area (Å²) >= 11 is 6.08. The summed E-state index contributed by atoms with van der Waals surface area (Å²) in [5.41, 5.74) is 2.16. The quantitative estimate of drug-likeness (QED) is 0.651. The smallest absolute Gasteiger partial charge is 0.255 e. The third kappa shape index (κ3) is 3.97. The van der Waals surface area contributed by atoms with Gasteiger partial charge < -0.3 is 10.6 Å². The Labute approximate surface area is 153 Å². The van der Waals surface area contributed by atoms with E-state index in [4.69, 9.17) is 11.6 Å². The van der Waals surface area contributed by atoms with E-state index in [1.54, 1.807) is 18.2 Å². The second-order valence-corrected chi connectivity index (χ2v) is 5.96. The summed E-state index contributed by atoms with van der Waals surface area (Å²) in [6.07, 6.45) is 1.46. The van der Waals surface area contributed by atoms with E-state index < -0.39 is 17.5 Å². The van der Waals surface area contributed by atoms with E-state index in [9.17, 15) is 13.6 Å². The minimum absolute atomic E-state index is 0.0145. The number of halogens is 3. The molecule has 132 valence electrons. The number of carbonyl (C=O) groups is 1. The van der Waals surface area contributed by atoms with Crippen LogP contribution in [0.4, 0.5) is 26.0 Å². The molecule has 1 aromatic heterocycles. The molecule has 26 heavy (non-hydrogen) atoms. The number of benzene rings is 2. The molecule has 0 saturated carbocycles.